The van der Waals surface area contributed by atoms with Gasteiger partial charge in [-0.15, -0.1) is 0 Å². The average molecular weight is 433 g/mol. The van der Waals surface area contributed by atoms with Gasteiger partial charge in [0, 0.05) is 37.9 Å². The van der Waals surface area contributed by atoms with E-state index in [1.165, 1.54) is 11.1 Å². The van der Waals surface area contributed by atoms with Crippen molar-refractivity contribution in [1.29, 1.82) is 0 Å². The van der Waals surface area contributed by atoms with Gasteiger partial charge in [-0.05, 0) is 44.4 Å². The third kappa shape index (κ3) is 4.61. The molecule has 168 valence electrons. The number of aromatic nitrogens is 2. The fourth-order valence-electron chi connectivity index (χ4n) is 4.40. The van der Waals surface area contributed by atoms with Crippen molar-refractivity contribution in [2.75, 3.05) is 31.8 Å². The number of hydrogen-bond donors (Lipinski definition) is 0. The number of ether oxygens (including phenoxy) is 1. The third-order valence-corrected chi connectivity index (χ3v) is 6.06. The number of fused-ring (bicyclic) bond motifs is 1. The van der Waals surface area contributed by atoms with Gasteiger partial charge >= 0.3 is 0 Å². The normalized spacial score (nSPS) is 13.9. The first-order valence-corrected chi connectivity index (χ1v) is 11.2. The van der Waals surface area contributed by atoms with Crippen LogP contribution < -0.4 is 10.5 Å². The van der Waals surface area contributed by atoms with Crippen molar-refractivity contribution in [2.24, 2.45) is 0 Å². The number of nitrogens with zero attached hydrogens (tertiary/aromatic N) is 4. The molecule has 4 rings (SSSR count). The summed E-state index contributed by atoms with van der Waals surface area (Å²) in [5.74, 6) is 0.722. The van der Waals surface area contributed by atoms with Crippen molar-refractivity contribution >= 4 is 11.6 Å². The summed E-state index contributed by atoms with van der Waals surface area (Å²) in [5.41, 5.74) is 6.21. The van der Waals surface area contributed by atoms with E-state index < -0.39 is 0 Å². The molecule has 1 aliphatic heterocycles. The smallest absolute Gasteiger partial charge is 0.259 e. The van der Waals surface area contributed by atoms with Crippen molar-refractivity contribution < 1.29 is 4.74 Å². The molecule has 0 N–H and O–H groups in total. The Morgan fingerprint density at radius 3 is 2.53 bits per heavy atom. The number of benzene rings is 2. The first kappa shape index (κ1) is 22.2. The zero-order chi connectivity index (χ0) is 22.7. The molecule has 0 fully saturated rings. The van der Waals surface area contributed by atoms with Gasteiger partial charge in [0.05, 0.1) is 19.0 Å². The van der Waals surface area contributed by atoms with E-state index >= 15 is 0 Å². The van der Waals surface area contributed by atoms with E-state index in [0.717, 1.165) is 41.4 Å². The molecule has 6 nitrogen and oxygen atoms in total. The lowest BCUT2D eigenvalue weighted by Gasteiger charge is -2.39. The second-order valence-corrected chi connectivity index (χ2v) is 8.61. The van der Waals surface area contributed by atoms with Gasteiger partial charge < -0.3 is 4.74 Å². The Labute approximate surface area is 190 Å². The van der Waals surface area contributed by atoms with E-state index in [2.05, 4.69) is 54.0 Å². The van der Waals surface area contributed by atoms with Gasteiger partial charge in [-0.25, -0.2) is 4.98 Å². The highest BCUT2D eigenvalue weighted by Crippen LogP contribution is 2.31. The van der Waals surface area contributed by atoms with Crippen LogP contribution in [0.4, 0.5) is 11.6 Å². The maximum Gasteiger partial charge on any atom is 0.259 e. The van der Waals surface area contributed by atoms with Crippen LogP contribution in [0.2, 0.25) is 0 Å². The maximum atomic E-state index is 13.7. The summed E-state index contributed by atoms with van der Waals surface area (Å²) in [6.45, 7) is 8.94. The quantitative estimate of drug-likeness (QED) is 0.525. The Balaban J connectivity index is 1.78. The van der Waals surface area contributed by atoms with Crippen molar-refractivity contribution in [3.8, 4) is 0 Å². The Morgan fingerprint density at radius 2 is 1.81 bits per heavy atom. The van der Waals surface area contributed by atoms with Crippen molar-refractivity contribution in [3.63, 3.8) is 0 Å². The highest BCUT2D eigenvalue weighted by atomic mass is 16.5. The zero-order valence-corrected chi connectivity index (χ0v) is 19.5. The summed E-state index contributed by atoms with van der Waals surface area (Å²) in [7, 11) is 1.72. The minimum atomic E-state index is 0.0440. The molecule has 32 heavy (non-hydrogen) atoms. The topological polar surface area (TPSA) is 50.6 Å². The first-order chi connectivity index (χ1) is 15.5. The van der Waals surface area contributed by atoms with E-state index in [4.69, 9.17) is 9.72 Å². The van der Waals surface area contributed by atoms with E-state index in [-0.39, 0.29) is 5.56 Å². The van der Waals surface area contributed by atoms with E-state index in [1.54, 1.807) is 7.11 Å². The number of anilines is 2. The fraction of sp³-hybridized carbons (Fsp3) is 0.385. The molecule has 1 aromatic heterocycles. The molecule has 0 atom stereocenters. The molecule has 0 aliphatic carbocycles. The molecule has 0 saturated carbocycles. The van der Waals surface area contributed by atoms with E-state index in [0.29, 0.717) is 26.4 Å². The van der Waals surface area contributed by atoms with Crippen LogP contribution >= 0.6 is 0 Å². The van der Waals surface area contributed by atoms with Gasteiger partial charge in [0.1, 0.15) is 0 Å². The summed E-state index contributed by atoms with van der Waals surface area (Å²) in [4.78, 5) is 23.1. The lowest BCUT2D eigenvalue weighted by molar-refractivity contribution is 0.150. The van der Waals surface area contributed by atoms with E-state index in [1.807, 2.05) is 29.7 Å². The predicted molar refractivity (Wildman–Crippen MR) is 129 cm³/mol. The molecule has 2 heterocycles. The summed E-state index contributed by atoms with van der Waals surface area (Å²) in [6, 6.07) is 16.6. The van der Waals surface area contributed by atoms with Crippen LogP contribution in [0, 0.1) is 20.8 Å². The highest BCUT2D eigenvalue weighted by Gasteiger charge is 2.28. The van der Waals surface area contributed by atoms with Crippen molar-refractivity contribution in [1.82, 2.24) is 14.5 Å². The second-order valence-electron chi connectivity index (χ2n) is 8.61. The minimum absolute atomic E-state index is 0.0440. The molecule has 0 spiro atoms. The molecule has 1 aliphatic rings. The van der Waals surface area contributed by atoms with Crippen LogP contribution in [-0.2, 0) is 17.8 Å². The molecule has 6 heteroatoms. The highest BCUT2D eigenvalue weighted by molar-refractivity contribution is 5.63. The molecule has 0 bridgehead atoms. The largest absolute Gasteiger partial charge is 0.385 e. The number of methoxy groups -OCH3 is 1. The SMILES string of the molecule is COCCCN1CN(c2ccc(C)cc2C)c2nc(C)c(Cc3ccccc3)c(=O)n2C1. The summed E-state index contributed by atoms with van der Waals surface area (Å²) >= 11 is 0. The number of rotatable bonds is 7. The molecule has 3 aromatic rings. The summed E-state index contributed by atoms with van der Waals surface area (Å²) < 4.78 is 7.08. The molecule has 2 aromatic carbocycles. The second kappa shape index (κ2) is 9.67. The Hall–Kier alpha value is -2.96. The van der Waals surface area contributed by atoms with Gasteiger partial charge in [0.2, 0.25) is 5.95 Å². The molecule has 0 saturated heterocycles. The molecule has 0 unspecified atom stereocenters. The first-order valence-electron chi connectivity index (χ1n) is 11.2. The maximum absolute atomic E-state index is 13.7. The standard InChI is InChI=1S/C26H32N4O2/c1-19-11-12-24(20(2)15-19)29-17-28(13-8-14-32-4)18-30-25(31)23(21(3)27-26(29)30)16-22-9-6-5-7-10-22/h5-7,9-12,15H,8,13-14,16-18H2,1-4H3. The summed E-state index contributed by atoms with van der Waals surface area (Å²) in [5, 5.41) is 0. The Bertz CT molecular complexity index is 1140. The minimum Gasteiger partial charge on any atom is -0.385 e. The zero-order valence-electron chi connectivity index (χ0n) is 19.5. The molecular weight excluding hydrogens is 400 g/mol. The summed E-state index contributed by atoms with van der Waals surface area (Å²) in [6.07, 6.45) is 1.50. The molecule has 0 radical (unpaired) electrons. The lowest BCUT2D eigenvalue weighted by Crippen LogP contribution is -2.48. The van der Waals surface area contributed by atoms with Gasteiger partial charge in [-0.2, -0.15) is 0 Å². The predicted octanol–water partition coefficient (Wildman–Crippen LogP) is 4.16. The van der Waals surface area contributed by atoms with Crippen LogP contribution in [0.5, 0.6) is 0 Å². The Kier molecular flexibility index (Phi) is 6.72. The molecular formula is C26H32N4O2. The van der Waals surface area contributed by atoms with Crippen LogP contribution in [0.3, 0.4) is 0 Å². The molecule has 0 amide bonds. The van der Waals surface area contributed by atoms with Crippen LogP contribution in [-0.4, -0.2) is 41.4 Å². The third-order valence-electron chi connectivity index (χ3n) is 6.06. The van der Waals surface area contributed by atoms with Crippen LogP contribution in [0.15, 0.2) is 53.3 Å². The number of hydrogen-bond acceptors (Lipinski definition) is 5. The van der Waals surface area contributed by atoms with Crippen molar-refractivity contribution in [3.05, 3.63) is 86.8 Å². The monoisotopic (exact) mass is 432 g/mol. The van der Waals surface area contributed by atoms with Crippen molar-refractivity contribution in [2.45, 2.75) is 40.3 Å². The van der Waals surface area contributed by atoms with Gasteiger partial charge in [0.25, 0.3) is 5.56 Å². The number of aryl methyl sites for hydroxylation is 3. The van der Waals surface area contributed by atoms with Gasteiger partial charge in [-0.1, -0.05) is 48.0 Å². The van der Waals surface area contributed by atoms with Gasteiger partial charge in [-0.3, -0.25) is 19.2 Å². The lowest BCUT2D eigenvalue weighted by atomic mass is 10.0. The average Bonchev–Trinajstić information content (AvgIpc) is 2.78. The van der Waals surface area contributed by atoms with Gasteiger partial charge in [0.15, 0.2) is 0 Å². The fourth-order valence-corrected chi connectivity index (χ4v) is 4.40. The van der Waals surface area contributed by atoms with Crippen LogP contribution in [0.25, 0.3) is 0 Å². The Morgan fingerprint density at radius 1 is 1.03 bits per heavy atom. The van der Waals surface area contributed by atoms with Crippen LogP contribution in [0.1, 0.15) is 34.4 Å². The van der Waals surface area contributed by atoms with E-state index in [9.17, 15) is 4.79 Å².